The number of morpholine rings is 1. The minimum atomic E-state index is -0.496. The van der Waals surface area contributed by atoms with Crippen LogP contribution in [0.15, 0.2) is 22.7 Å². The van der Waals surface area contributed by atoms with Gasteiger partial charge in [-0.3, -0.25) is 14.9 Å². The predicted molar refractivity (Wildman–Crippen MR) is 74.6 cm³/mol. The van der Waals surface area contributed by atoms with Crippen LogP contribution in [0.25, 0.3) is 0 Å². The van der Waals surface area contributed by atoms with Crippen molar-refractivity contribution in [2.24, 2.45) is 0 Å². The zero-order valence-electron chi connectivity index (χ0n) is 10.6. The van der Waals surface area contributed by atoms with Crippen LogP contribution in [0.2, 0.25) is 0 Å². The number of hydrogen-bond acceptors (Lipinski definition) is 4. The van der Waals surface area contributed by atoms with Gasteiger partial charge in [-0.1, -0.05) is 0 Å². The monoisotopic (exact) mass is 340 g/mol. The third kappa shape index (κ3) is 2.43. The number of rotatable bonds is 2. The average molecular weight is 341 g/mol. The molecule has 2 saturated heterocycles. The van der Waals surface area contributed by atoms with Gasteiger partial charge in [0.25, 0.3) is 11.6 Å². The molecule has 1 aromatic carbocycles. The molecule has 20 heavy (non-hydrogen) atoms. The zero-order chi connectivity index (χ0) is 14.3. The molecule has 6 nitrogen and oxygen atoms in total. The van der Waals surface area contributed by atoms with E-state index in [4.69, 9.17) is 4.74 Å². The van der Waals surface area contributed by atoms with E-state index in [1.165, 1.54) is 6.07 Å². The highest BCUT2D eigenvalue weighted by atomic mass is 79.9. The van der Waals surface area contributed by atoms with Crippen LogP contribution < -0.4 is 0 Å². The Bertz CT molecular complexity index is 565. The molecule has 0 radical (unpaired) electrons. The highest BCUT2D eigenvalue weighted by molar-refractivity contribution is 9.10. The van der Waals surface area contributed by atoms with Gasteiger partial charge in [-0.15, -0.1) is 0 Å². The van der Waals surface area contributed by atoms with Crippen molar-refractivity contribution in [1.82, 2.24) is 4.90 Å². The van der Waals surface area contributed by atoms with Crippen molar-refractivity contribution in [2.75, 3.05) is 13.1 Å². The zero-order valence-corrected chi connectivity index (χ0v) is 12.2. The van der Waals surface area contributed by atoms with Crippen LogP contribution in [0.5, 0.6) is 0 Å². The highest BCUT2D eigenvalue weighted by Crippen LogP contribution is 2.29. The second-order valence-electron chi connectivity index (χ2n) is 5.09. The van der Waals surface area contributed by atoms with Crippen LogP contribution in [0.4, 0.5) is 5.69 Å². The fourth-order valence-electron chi connectivity index (χ4n) is 2.75. The van der Waals surface area contributed by atoms with E-state index in [0.29, 0.717) is 23.1 Å². The summed E-state index contributed by atoms with van der Waals surface area (Å²) in [6.07, 6.45) is 2.19. The molecule has 2 heterocycles. The molecule has 0 aliphatic carbocycles. The summed E-state index contributed by atoms with van der Waals surface area (Å²) in [5.41, 5.74) is 0.258. The normalized spacial score (nSPS) is 24.8. The summed E-state index contributed by atoms with van der Waals surface area (Å²) in [5.74, 6) is -0.166. The van der Waals surface area contributed by atoms with E-state index in [9.17, 15) is 14.9 Å². The van der Waals surface area contributed by atoms with Gasteiger partial charge in [0.05, 0.1) is 21.6 Å². The summed E-state index contributed by atoms with van der Waals surface area (Å²) < 4.78 is 6.06. The number of nitro benzene ring substituents is 1. The van der Waals surface area contributed by atoms with E-state index in [2.05, 4.69) is 15.9 Å². The van der Waals surface area contributed by atoms with E-state index in [-0.39, 0.29) is 23.8 Å². The smallest absolute Gasteiger partial charge is 0.284 e. The molecule has 3 rings (SSSR count). The van der Waals surface area contributed by atoms with Gasteiger partial charge >= 0.3 is 0 Å². The summed E-state index contributed by atoms with van der Waals surface area (Å²) in [6, 6.07) is 4.47. The molecule has 0 aromatic heterocycles. The Morgan fingerprint density at radius 1 is 1.35 bits per heavy atom. The Labute approximate surface area is 124 Å². The number of nitro groups is 1. The van der Waals surface area contributed by atoms with Gasteiger partial charge in [-0.2, -0.15) is 0 Å². The lowest BCUT2D eigenvalue weighted by Crippen LogP contribution is -2.45. The Kier molecular flexibility index (Phi) is 3.47. The average Bonchev–Trinajstić information content (AvgIpc) is 2.77. The van der Waals surface area contributed by atoms with E-state index in [1.54, 1.807) is 17.0 Å². The Morgan fingerprint density at radius 2 is 2.00 bits per heavy atom. The molecule has 2 fully saturated rings. The SMILES string of the molecule is O=C(c1ccc(Br)c([N+](=O)[O-])c1)N1CC2CCC(C1)O2. The number of ether oxygens (including phenoxy) is 1. The van der Waals surface area contributed by atoms with Gasteiger partial charge in [0.2, 0.25) is 0 Å². The first kappa shape index (κ1) is 13.5. The van der Waals surface area contributed by atoms with E-state index < -0.39 is 4.92 Å². The van der Waals surface area contributed by atoms with Gasteiger partial charge in [0, 0.05) is 24.7 Å². The first-order valence-corrected chi connectivity index (χ1v) is 7.22. The number of carbonyl (C=O) groups excluding carboxylic acids is 1. The van der Waals surface area contributed by atoms with Crippen LogP contribution in [0.3, 0.4) is 0 Å². The van der Waals surface area contributed by atoms with Crippen LogP contribution >= 0.6 is 15.9 Å². The van der Waals surface area contributed by atoms with E-state index >= 15 is 0 Å². The standard InChI is InChI=1S/C13H13BrN2O4/c14-11-4-1-8(5-12(11)16(18)19)13(17)15-6-9-2-3-10(7-15)20-9/h1,4-5,9-10H,2-3,6-7H2. The summed E-state index contributed by atoms with van der Waals surface area (Å²) in [5, 5.41) is 10.9. The first-order valence-electron chi connectivity index (χ1n) is 6.43. The van der Waals surface area contributed by atoms with Crippen molar-refractivity contribution in [3.05, 3.63) is 38.3 Å². The second-order valence-corrected chi connectivity index (χ2v) is 5.95. The van der Waals surface area contributed by atoms with Crippen molar-refractivity contribution in [1.29, 1.82) is 0 Å². The molecule has 2 aliphatic rings. The van der Waals surface area contributed by atoms with Crippen molar-refractivity contribution < 1.29 is 14.5 Å². The molecule has 2 atom stereocenters. The molecule has 2 aliphatic heterocycles. The van der Waals surface area contributed by atoms with Crippen LogP contribution in [0, 0.1) is 10.1 Å². The third-order valence-corrected chi connectivity index (χ3v) is 4.39. The molecular formula is C13H13BrN2O4. The fraction of sp³-hybridized carbons (Fsp3) is 0.462. The summed E-state index contributed by atoms with van der Waals surface area (Å²) in [6.45, 7) is 1.14. The largest absolute Gasteiger partial charge is 0.371 e. The van der Waals surface area contributed by atoms with Gasteiger partial charge in [0.15, 0.2) is 0 Å². The summed E-state index contributed by atoms with van der Waals surface area (Å²) >= 11 is 3.12. The summed E-state index contributed by atoms with van der Waals surface area (Å²) in [7, 11) is 0. The number of benzene rings is 1. The topological polar surface area (TPSA) is 72.7 Å². The Hall–Kier alpha value is -1.47. The van der Waals surface area contributed by atoms with Gasteiger partial charge in [0.1, 0.15) is 0 Å². The molecular weight excluding hydrogens is 328 g/mol. The maximum Gasteiger partial charge on any atom is 0.284 e. The maximum atomic E-state index is 12.4. The van der Waals surface area contributed by atoms with Gasteiger partial charge in [-0.05, 0) is 40.9 Å². The molecule has 2 unspecified atom stereocenters. The van der Waals surface area contributed by atoms with Gasteiger partial charge < -0.3 is 9.64 Å². The highest BCUT2D eigenvalue weighted by Gasteiger charge is 2.36. The molecule has 1 aromatic rings. The summed E-state index contributed by atoms with van der Waals surface area (Å²) in [4.78, 5) is 24.6. The second kappa shape index (κ2) is 5.14. The van der Waals surface area contributed by atoms with Crippen molar-refractivity contribution >= 4 is 27.5 Å². The number of likely N-dealkylation sites (tertiary alicyclic amines) is 1. The number of halogens is 1. The Balaban J connectivity index is 1.84. The molecule has 7 heteroatoms. The lowest BCUT2D eigenvalue weighted by atomic mass is 10.1. The third-order valence-electron chi connectivity index (χ3n) is 3.72. The number of nitrogens with zero attached hydrogens (tertiary/aromatic N) is 2. The van der Waals surface area contributed by atoms with E-state index in [1.807, 2.05) is 0 Å². The number of fused-ring (bicyclic) bond motifs is 2. The molecule has 0 N–H and O–H groups in total. The first-order chi connectivity index (χ1) is 9.54. The number of amides is 1. The molecule has 2 bridgehead atoms. The van der Waals surface area contributed by atoms with Crippen LogP contribution in [0.1, 0.15) is 23.2 Å². The van der Waals surface area contributed by atoms with Gasteiger partial charge in [-0.25, -0.2) is 0 Å². The fourth-order valence-corrected chi connectivity index (χ4v) is 3.14. The molecule has 0 spiro atoms. The van der Waals surface area contributed by atoms with Crippen molar-refractivity contribution in [3.63, 3.8) is 0 Å². The quantitative estimate of drug-likeness (QED) is 0.611. The van der Waals surface area contributed by atoms with Crippen LogP contribution in [-0.2, 0) is 4.74 Å². The van der Waals surface area contributed by atoms with E-state index in [0.717, 1.165) is 12.8 Å². The molecule has 106 valence electrons. The van der Waals surface area contributed by atoms with Crippen molar-refractivity contribution in [3.8, 4) is 0 Å². The lowest BCUT2D eigenvalue weighted by molar-refractivity contribution is -0.385. The Morgan fingerprint density at radius 3 is 2.60 bits per heavy atom. The number of carbonyl (C=O) groups is 1. The lowest BCUT2D eigenvalue weighted by Gasteiger charge is -2.32. The number of hydrogen-bond donors (Lipinski definition) is 0. The predicted octanol–water partition coefficient (Wildman–Crippen LogP) is 2.36. The minimum Gasteiger partial charge on any atom is -0.371 e. The maximum absolute atomic E-state index is 12.4. The molecule has 1 amide bonds. The van der Waals surface area contributed by atoms with Crippen LogP contribution in [-0.4, -0.2) is 41.0 Å². The van der Waals surface area contributed by atoms with Crippen molar-refractivity contribution in [2.45, 2.75) is 25.0 Å². The molecule has 0 saturated carbocycles. The minimum absolute atomic E-state index is 0.0907.